The van der Waals surface area contributed by atoms with Crippen LogP contribution in [-0.2, 0) is 9.59 Å². The van der Waals surface area contributed by atoms with Crippen molar-refractivity contribution < 1.29 is 9.59 Å². The lowest BCUT2D eigenvalue weighted by molar-refractivity contribution is -0.123. The van der Waals surface area contributed by atoms with Gasteiger partial charge in [0.25, 0.3) is 0 Å². The predicted molar refractivity (Wildman–Crippen MR) is 44.3 cm³/mol. The molecule has 0 rings (SSSR count). The molecule has 0 saturated heterocycles. The molecule has 0 bridgehead atoms. The van der Waals surface area contributed by atoms with Crippen molar-refractivity contribution in [3.8, 4) is 0 Å². The predicted octanol–water partition coefficient (Wildman–Crippen LogP) is 1.83. The van der Waals surface area contributed by atoms with Gasteiger partial charge in [-0.1, -0.05) is 13.8 Å². The minimum Gasteiger partial charge on any atom is -0.300 e. The van der Waals surface area contributed by atoms with Crippen molar-refractivity contribution in [3.63, 3.8) is 0 Å². The lowest BCUT2D eigenvalue weighted by Crippen LogP contribution is -2.15. The van der Waals surface area contributed by atoms with Crippen molar-refractivity contribution in [1.29, 1.82) is 0 Å². The Morgan fingerprint density at radius 2 is 1.27 bits per heavy atom. The summed E-state index contributed by atoms with van der Waals surface area (Å²) < 4.78 is 0. The highest BCUT2D eigenvalue weighted by Crippen LogP contribution is 2.12. The van der Waals surface area contributed by atoms with Gasteiger partial charge >= 0.3 is 0 Å². The molecule has 0 aromatic carbocycles. The monoisotopic (exact) mass is 156 g/mol. The van der Waals surface area contributed by atoms with E-state index < -0.39 is 0 Å². The highest BCUT2D eigenvalue weighted by Gasteiger charge is 2.15. The third kappa shape index (κ3) is 3.91. The summed E-state index contributed by atoms with van der Waals surface area (Å²) >= 11 is 0. The van der Waals surface area contributed by atoms with Gasteiger partial charge in [0, 0.05) is 11.8 Å². The second kappa shape index (κ2) is 4.27. The van der Waals surface area contributed by atoms with E-state index in [1.54, 1.807) is 13.8 Å². The van der Waals surface area contributed by atoms with E-state index in [-0.39, 0.29) is 23.4 Å². The lowest BCUT2D eigenvalue weighted by Gasteiger charge is -2.11. The summed E-state index contributed by atoms with van der Waals surface area (Å²) in [5.41, 5.74) is 0. The van der Waals surface area contributed by atoms with E-state index in [4.69, 9.17) is 0 Å². The van der Waals surface area contributed by atoms with Crippen molar-refractivity contribution in [2.24, 2.45) is 11.8 Å². The maximum Gasteiger partial charge on any atom is 0.132 e. The third-order valence-electron chi connectivity index (χ3n) is 2.10. The fourth-order valence-corrected chi connectivity index (χ4v) is 0.862. The number of carbonyl (C=O) groups is 2. The van der Waals surface area contributed by atoms with Gasteiger partial charge < -0.3 is 0 Å². The summed E-state index contributed by atoms with van der Waals surface area (Å²) in [7, 11) is 0. The summed E-state index contributed by atoms with van der Waals surface area (Å²) in [6.45, 7) is 6.86. The first-order valence-electron chi connectivity index (χ1n) is 3.96. The van der Waals surface area contributed by atoms with Crippen molar-refractivity contribution in [2.75, 3.05) is 0 Å². The summed E-state index contributed by atoms with van der Waals surface area (Å²) in [4.78, 5) is 21.6. The van der Waals surface area contributed by atoms with Crippen LogP contribution in [0.15, 0.2) is 0 Å². The van der Waals surface area contributed by atoms with E-state index >= 15 is 0 Å². The molecule has 0 aliphatic carbocycles. The van der Waals surface area contributed by atoms with Gasteiger partial charge in [-0.2, -0.15) is 0 Å². The standard InChI is InChI=1S/C9H16O2/c1-6(8(3)10)5-7(2)9(4)11/h6-7H,5H2,1-4H3/t6-,7+. The summed E-state index contributed by atoms with van der Waals surface area (Å²) in [6.07, 6.45) is 0.685. The second-order valence-corrected chi connectivity index (χ2v) is 3.26. The van der Waals surface area contributed by atoms with Gasteiger partial charge in [0.2, 0.25) is 0 Å². The zero-order chi connectivity index (χ0) is 9.02. The maximum atomic E-state index is 10.8. The normalized spacial score (nSPS) is 15.6. The number of Topliss-reactive ketones (excluding diaryl/α,β-unsaturated/α-hetero) is 2. The molecule has 2 heteroatoms. The fourth-order valence-electron chi connectivity index (χ4n) is 0.862. The molecule has 0 saturated carbocycles. The van der Waals surface area contributed by atoms with Crippen LogP contribution in [-0.4, -0.2) is 11.6 Å². The highest BCUT2D eigenvalue weighted by atomic mass is 16.1. The molecule has 0 aromatic heterocycles. The molecule has 64 valence electrons. The Kier molecular flexibility index (Phi) is 4.01. The second-order valence-electron chi connectivity index (χ2n) is 3.26. The third-order valence-corrected chi connectivity index (χ3v) is 2.10. The molecule has 0 amide bonds. The quantitative estimate of drug-likeness (QED) is 0.622. The van der Waals surface area contributed by atoms with Crippen LogP contribution in [0, 0.1) is 11.8 Å². The average molecular weight is 156 g/mol. The van der Waals surface area contributed by atoms with Crippen molar-refractivity contribution in [3.05, 3.63) is 0 Å². The van der Waals surface area contributed by atoms with Crippen molar-refractivity contribution in [2.45, 2.75) is 34.1 Å². The van der Waals surface area contributed by atoms with E-state index in [9.17, 15) is 9.59 Å². The van der Waals surface area contributed by atoms with Gasteiger partial charge in [-0.05, 0) is 20.3 Å². The van der Waals surface area contributed by atoms with Gasteiger partial charge in [0.15, 0.2) is 0 Å². The van der Waals surface area contributed by atoms with E-state index in [2.05, 4.69) is 0 Å². The van der Waals surface area contributed by atoms with Crippen LogP contribution >= 0.6 is 0 Å². The molecule has 0 fully saturated rings. The highest BCUT2D eigenvalue weighted by molar-refractivity contribution is 5.81. The Balaban J connectivity index is 3.84. The molecular weight excluding hydrogens is 140 g/mol. The lowest BCUT2D eigenvalue weighted by atomic mass is 9.92. The number of hydrogen-bond acceptors (Lipinski definition) is 2. The van der Waals surface area contributed by atoms with Crippen LogP contribution in [0.1, 0.15) is 34.1 Å². The van der Waals surface area contributed by atoms with E-state index in [0.717, 1.165) is 0 Å². The van der Waals surface area contributed by atoms with Crippen LogP contribution in [0.25, 0.3) is 0 Å². The Hall–Kier alpha value is -0.660. The Bertz CT molecular complexity index is 143. The molecule has 0 unspecified atom stereocenters. The van der Waals surface area contributed by atoms with Crippen molar-refractivity contribution >= 4 is 11.6 Å². The summed E-state index contributed by atoms with van der Waals surface area (Å²) in [6, 6.07) is 0. The van der Waals surface area contributed by atoms with Gasteiger partial charge in [0.05, 0.1) is 0 Å². The first-order chi connectivity index (χ1) is 4.95. The van der Waals surface area contributed by atoms with Crippen LogP contribution in [0.2, 0.25) is 0 Å². The van der Waals surface area contributed by atoms with Crippen molar-refractivity contribution in [1.82, 2.24) is 0 Å². The number of hydrogen-bond donors (Lipinski definition) is 0. The first kappa shape index (κ1) is 10.3. The van der Waals surface area contributed by atoms with Crippen LogP contribution in [0.5, 0.6) is 0 Å². The molecule has 0 heterocycles. The molecule has 2 nitrogen and oxygen atoms in total. The summed E-state index contributed by atoms with van der Waals surface area (Å²) in [5.74, 6) is 0.374. The number of rotatable bonds is 4. The fraction of sp³-hybridized carbons (Fsp3) is 0.778. The molecule has 0 aliphatic heterocycles. The van der Waals surface area contributed by atoms with Gasteiger partial charge in [-0.15, -0.1) is 0 Å². The SMILES string of the molecule is CC(=O)[C@H](C)C[C@H](C)C(C)=O. The molecular formula is C9H16O2. The molecule has 11 heavy (non-hydrogen) atoms. The first-order valence-corrected chi connectivity index (χ1v) is 3.96. The Morgan fingerprint density at radius 1 is 1.00 bits per heavy atom. The largest absolute Gasteiger partial charge is 0.300 e. The minimum atomic E-state index is 0.0221. The minimum absolute atomic E-state index is 0.0221. The average Bonchev–Trinajstić information content (AvgIpc) is 1.87. The van der Waals surface area contributed by atoms with E-state index in [1.165, 1.54) is 0 Å². The van der Waals surface area contributed by atoms with Gasteiger partial charge in [-0.3, -0.25) is 9.59 Å². The maximum absolute atomic E-state index is 10.8. The molecule has 0 aromatic rings. The smallest absolute Gasteiger partial charge is 0.132 e. The van der Waals surface area contributed by atoms with E-state index in [1.807, 2.05) is 13.8 Å². The number of ketones is 2. The van der Waals surface area contributed by atoms with Crippen LogP contribution in [0.3, 0.4) is 0 Å². The molecule has 0 spiro atoms. The van der Waals surface area contributed by atoms with Gasteiger partial charge in [0.1, 0.15) is 11.6 Å². The molecule has 2 atom stereocenters. The zero-order valence-corrected chi connectivity index (χ0v) is 7.68. The zero-order valence-electron chi connectivity index (χ0n) is 7.68. The van der Waals surface area contributed by atoms with Crippen LogP contribution in [0.4, 0.5) is 0 Å². The van der Waals surface area contributed by atoms with Gasteiger partial charge in [-0.25, -0.2) is 0 Å². The topological polar surface area (TPSA) is 34.1 Å². The Morgan fingerprint density at radius 3 is 1.45 bits per heavy atom. The molecule has 0 radical (unpaired) electrons. The molecule has 0 aliphatic rings. The number of carbonyl (C=O) groups excluding carboxylic acids is 2. The Labute approximate surface area is 68.0 Å². The molecule has 0 N–H and O–H groups in total. The van der Waals surface area contributed by atoms with Crippen LogP contribution < -0.4 is 0 Å². The van der Waals surface area contributed by atoms with E-state index in [0.29, 0.717) is 6.42 Å². The summed E-state index contributed by atoms with van der Waals surface area (Å²) in [5, 5.41) is 0.